The van der Waals surface area contributed by atoms with Crippen LogP contribution in [-0.4, -0.2) is 36.9 Å². The maximum Gasteiger partial charge on any atom is 0.322 e. The number of carbonyl (C=O) groups is 1. The van der Waals surface area contributed by atoms with Crippen LogP contribution in [0.15, 0.2) is 0 Å². The van der Waals surface area contributed by atoms with Gasteiger partial charge in [0.05, 0.1) is 13.7 Å². The van der Waals surface area contributed by atoms with E-state index in [0.717, 1.165) is 0 Å². The molecule has 4 heteroatoms. The van der Waals surface area contributed by atoms with Crippen LogP contribution in [0, 0.1) is 5.92 Å². The van der Waals surface area contributed by atoms with Crippen LogP contribution in [0.4, 0.5) is 0 Å². The van der Waals surface area contributed by atoms with Gasteiger partial charge in [-0.2, -0.15) is 0 Å². The minimum atomic E-state index is -0.320. The topological polar surface area (TPSA) is 58.6 Å². The lowest BCUT2D eigenvalue weighted by molar-refractivity contribution is -0.143. The average molecular weight is 203 g/mol. The van der Waals surface area contributed by atoms with Crippen LogP contribution in [0.1, 0.15) is 27.2 Å². The predicted octanol–water partition coefficient (Wildman–Crippen LogP) is 0.544. The molecule has 0 aliphatic rings. The Morgan fingerprint density at radius 1 is 1.50 bits per heavy atom. The second-order valence-corrected chi connectivity index (χ2v) is 3.68. The maximum absolute atomic E-state index is 11.3. The van der Waals surface area contributed by atoms with Crippen molar-refractivity contribution >= 4 is 5.97 Å². The largest absolute Gasteiger partial charge is 0.468 e. The van der Waals surface area contributed by atoms with E-state index in [1.54, 1.807) is 0 Å². The van der Waals surface area contributed by atoms with Crippen molar-refractivity contribution in [2.24, 2.45) is 5.92 Å². The highest BCUT2D eigenvalue weighted by molar-refractivity contribution is 5.75. The van der Waals surface area contributed by atoms with Crippen LogP contribution < -0.4 is 5.32 Å². The molecule has 0 amide bonds. The number of esters is 1. The molecule has 0 bridgehead atoms. The number of ether oxygens (including phenoxy) is 1. The SMILES string of the molecule is CCC(NC(CO)C(C)C)C(=O)OC. The predicted molar refractivity (Wildman–Crippen MR) is 54.9 cm³/mol. The van der Waals surface area contributed by atoms with E-state index in [1.165, 1.54) is 7.11 Å². The van der Waals surface area contributed by atoms with Crippen LogP contribution in [0.3, 0.4) is 0 Å². The molecule has 0 saturated carbocycles. The Hall–Kier alpha value is -0.610. The molecule has 0 spiro atoms. The zero-order valence-electron chi connectivity index (χ0n) is 9.41. The smallest absolute Gasteiger partial charge is 0.322 e. The molecular formula is C10H21NO3. The van der Waals surface area contributed by atoms with Crippen molar-refractivity contribution in [3.63, 3.8) is 0 Å². The summed E-state index contributed by atoms with van der Waals surface area (Å²) in [6.07, 6.45) is 0.663. The fourth-order valence-electron chi connectivity index (χ4n) is 1.21. The highest BCUT2D eigenvalue weighted by Gasteiger charge is 2.22. The first-order chi connectivity index (χ1) is 6.56. The van der Waals surface area contributed by atoms with Crippen LogP contribution in [0.25, 0.3) is 0 Å². The van der Waals surface area contributed by atoms with E-state index in [0.29, 0.717) is 12.3 Å². The summed E-state index contributed by atoms with van der Waals surface area (Å²) >= 11 is 0. The molecule has 2 atom stereocenters. The fraction of sp³-hybridized carbons (Fsp3) is 0.900. The monoisotopic (exact) mass is 203 g/mol. The maximum atomic E-state index is 11.3. The molecule has 14 heavy (non-hydrogen) atoms. The first-order valence-corrected chi connectivity index (χ1v) is 5.01. The molecule has 0 rings (SSSR count). The van der Waals surface area contributed by atoms with Gasteiger partial charge in [-0.3, -0.25) is 10.1 Å². The summed E-state index contributed by atoms with van der Waals surface area (Å²) in [5, 5.41) is 12.2. The number of carbonyl (C=O) groups excluding carboxylic acids is 1. The highest BCUT2D eigenvalue weighted by Crippen LogP contribution is 2.04. The summed E-state index contributed by atoms with van der Waals surface area (Å²) in [5.74, 6) is 0.0188. The van der Waals surface area contributed by atoms with Crippen molar-refractivity contribution in [1.29, 1.82) is 0 Å². The van der Waals surface area contributed by atoms with Gasteiger partial charge in [-0.25, -0.2) is 0 Å². The van der Waals surface area contributed by atoms with Gasteiger partial charge in [0.25, 0.3) is 0 Å². The van der Waals surface area contributed by atoms with E-state index in [9.17, 15) is 4.79 Å². The van der Waals surface area contributed by atoms with E-state index in [2.05, 4.69) is 10.1 Å². The molecule has 2 N–H and O–H groups in total. The highest BCUT2D eigenvalue weighted by atomic mass is 16.5. The van der Waals surface area contributed by atoms with E-state index in [1.807, 2.05) is 20.8 Å². The first kappa shape index (κ1) is 13.4. The minimum Gasteiger partial charge on any atom is -0.468 e. The van der Waals surface area contributed by atoms with Crippen molar-refractivity contribution in [2.75, 3.05) is 13.7 Å². The van der Waals surface area contributed by atoms with Gasteiger partial charge in [0.15, 0.2) is 0 Å². The number of hydrogen-bond acceptors (Lipinski definition) is 4. The third-order valence-corrected chi connectivity index (χ3v) is 2.31. The molecule has 0 aromatic carbocycles. The molecule has 0 aliphatic heterocycles. The number of aliphatic hydroxyl groups excluding tert-OH is 1. The molecule has 0 aliphatic carbocycles. The Bertz CT molecular complexity index is 171. The van der Waals surface area contributed by atoms with E-state index < -0.39 is 0 Å². The van der Waals surface area contributed by atoms with Crippen LogP contribution in [-0.2, 0) is 9.53 Å². The van der Waals surface area contributed by atoms with Gasteiger partial charge in [0.2, 0.25) is 0 Å². The second kappa shape index (κ2) is 6.79. The van der Waals surface area contributed by atoms with E-state index >= 15 is 0 Å². The van der Waals surface area contributed by atoms with Gasteiger partial charge < -0.3 is 9.84 Å². The Kier molecular flexibility index (Phi) is 6.49. The molecule has 0 fully saturated rings. The van der Waals surface area contributed by atoms with Gasteiger partial charge in [0.1, 0.15) is 6.04 Å². The molecule has 0 saturated heterocycles. The average Bonchev–Trinajstić information content (AvgIpc) is 2.18. The minimum absolute atomic E-state index is 0.0329. The van der Waals surface area contributed by atoms with Crippen molar-refractivity contribution < 1.29 is 14.6 Å². The molecule has 84 valence electrons. The van der Waals surface area contributed by atoms with Crippen molar-refractivity contribution in [1.82, 2.24) is 5.32 Å². The summed E-state index contributed by atoms with van der Waals surface area (Å²) < 4.78 is 4.65. The molecule has 0 aromatic heterocycles. The lowest BCUT2D eigenvalue weighted by Crippen LogP contribution is -2.47. The first-order valence-electron chi connectivity index (χ1n) is 5.01. The standard InChI is InChI=1S/C10H21NO3/c1-5-8(10(13)14-4)11-9(6-12)7(2)3/h7-9,11-12H,5-6H2,1-4H3. The van der Waals surface area contributed by atoms with Crippen LogP contribution >= 0.6 is 0 Å². The van der Waals surface area contributed by atoms with E-state index in [4.69, 9.17) is 5.11 Å². The zero-order chi connectivity index (χ0) is 11.1. The lowest BCUT2D eigenvalue weighted by Gasteiger charge is -2.24. The van der Waals surface area contributed by atoms with Gasteiger partial charge in [-0.15, -0.1) is 0 Å². The van der Waals surface area contributed by atoms with Crippen molar-refractivity contribution in [3.05, 3.63) is 0 Å². The van der Waals surface area contributed by atoms with Gasteiger partial charge in [-0.1, -0.05) is 20.8 Å². The van der Waals surface area contributed by atoms with Crippen LogP contribution in [0.5, 0.6) is 0 Å². The fourth-order valence-corrected chi connectivity index (χ4v) is 1.21. The summed E-state index contributed by atoms with van der Waals surface area (Å²) in [7, 11) is 1.37. The summed E-state index contributed by atoms with van der Waals surface area (Å²) in [6.45, 7) is 5.93. The molecular weight excluding hydrogens is 182 g/mol. The third-order valence-electron chi connectivity index (χ3n) is 2.31. The lowest BCUT2D eigenvalue weighted by atomic mass is 10.0. The van der Waals surface area contributed by atoms with Gasteiger partial charge >= 0.3 is 5.97 Å². The van der Waals surface area contributed by atoms with Crippen molar-refractivity contribution in [2.45, 2.75) is 39.3 Å². The Balaban J connectivity index is 4.21. The number of rotatable bonds is 6. The van der Waals surface area contributed by atoms with Gasteiger partial charge in [-0.05, 0) is 12.3 Å². The third kappa shape index (κ3) is 4.07. The number of nitrogens with one attached hydrogen (secondary N) is 1. The van der Waals surface area contributed by atoms with E-state index in [-0.39, 0.29) is 24.7 Å². The summed E-state index contributed by atoms with van der Waals surface area (Å²) in [5.41, 5.74) is 0. The summed E-state index contributed by atoms with van der Waals surface area (Å²) in [6, 6.07) is -0.376. The molecule has 4 nitrogen and oxygen atoms in total. The summed E-state index contributed by atoms with van der Waals surface area (Å²) in [4.78, 5) is 11.3. The number of hydrogen-bond donors (Lipinski definition) is 2. The second-order valence-electron chi connectivity index (χ2n) is 3.68. The quantitative estimate of drug-likeness (QED) is 0.619. The zero-order valence-corrected chi connectivity index (χ0v) is 9.41. The van der Waals surface area contributed by atoms with Crippen molar-refractivity contribution in [3.8, 4) is 0 Å². The molecule has 0 aromatic rings. The number of aliphatic hydroxyl groups is 1. The molecule has 0 radical (unpaired) electrons. The van der Waals surface area contributed by atoms with Crippen LogP contribution in [0.2, 0.25) is 0 Å². The Labute approximate surface area is 85.6 Å². The Morgan fingerprint density at radius 2 is 2.07 bits per heavy atom. The Morgan fingerprint density at radius 3 is 2.36 bits per heavy atom. The number of methoxy groups -OCH3 is 1. The van der Waals surface area contributed by atoms with Gasteiger partial charge in [0, 0.05) is 6.04 Å². The normalized spacial score (nSPS) is 15.3. The molecule has 0 heterocycles. The molecule has 2 unspecified atom stereocenters.